The normalized spacial score (nSPS) is 13.9. The van der Waals surface area contributed by atoms with Crippen LogP contribution in [0.25, 0.3) is 11.1 Å². The summed E-state index contributed by atoms with van der Waals surface area (Å²) in [5.41, 5.74) is 7.14. The fourth-order valence-corrected chi connectivity index (χ4v) is 1.87. The van der Waals surface area contributed by atoms with Gasteiger partial charge in [0.05, 0.1) is 5.52 Å². The molecule has 1 aromatic heterocycles. The lowest BCUT2D eigenvalue weighted by Crippen LogP contribution is -2.15. The standard InChI is InChI=1S/C12H13F3N2O2/c1-17-9-3-2-7(6-10(9)19-11(17)18)8(16)4-5-12(13,14)15/h2-3,6,8H,4-5,16H2,1H3. The molecule has 2 aromatic rings. The Hall–Kier alpha value is -1.76. The van der Waals surface area contributed by atoms with E-state index in [1.807, 2.05) is 0 Å². The van der Waals surface area contributed by atoms with Gasteiger partial charge in [-0.25, -0.2) is 4.79 Å². The number of aromatic nitrogens is 1. The van der Waals surface area contributed by atoms with E-state index in [0.717, 1.165) is 0 Å². The van der Waals surface area contributed by atoms with E-state index >= 15 is 0 Å². The van der Waals surface area contributed by atoms with Gasteiger partial charge in [0.1, 0.15) is 0 Å². The zero-order valence-electron chi connectivity index (χ0n) is 10.2. The molecule has 4 nitrogen and oxygen atoms in total. The minimum absolute atomic E-state index is 0.202. The third kappa shape index (κ3) is 2.98. The quantitative estimate of drug-likeness (QED) is 0.935. The van der Waals surface area contributed by atoms with E-state index in [9.17, 15) is 18.0 Å². The molecule has 0 spiro atoms. The SMILES string of the molecule is Cn1c(=O)oc2cc(C(N)CCC(F)(F)F)ccc21. The molecule has 2 N–H and O–H groups in total. The average molecular weight is 274 g/mol. The summed E-state index contributed by atoms with van der Waals surface area (Å²) in [6, 6.07) is 4.00. The van der Waals surface area contributed by atoms with E-state index in [1.54, 1.807) is 19.2 Å². The van der Waals surface area contributed by atoms with Crippen LogP contribution in [-0.4, -0.2) is 10.7 Å². The molecule has 1 heterocycles. The van der Waals surface area contributed by atoms with Gasteiger partial charge < -0.3 is 10.2 Å². The van der Waals surface area contributed by atoms with Crippen molar-refractivity contribution < 1.29 is 17.6 Å². The van der Waals surface area contributed by atoms with Gasteiger partial charge >= 0.3 is 11.9 Å². The Morgan fingerprint density at radius 2 is 2.11 bits per heavy atom. The molecule has 0 bridgehead atoms. The van der Waals surface area contributed by atoms with Crippen LogP contribution in [0.5, 0.6) is 0 Å². The van der Waals surface area contributed by atoms with Gasteiger partial charge in [-0.3, -0.25) is 4.57 Å². The van der Waals surface area contributed by atoms with Crippen molar-refractivity contribution in [2.24, 2.45) is 12.8 Å². The summed E-state index contributed by atoms with van der Waals surface area (Å²) in [4.78, 5) is 11.3. The lowest BCUT2D eigenvalue weighted by molar-refractivity contribution is -0.136. The molecule has 19 heavy (non-hydrogen) atoms. The summed E-state index contributed by atoms with van der Waals surface area (Å²) in [5.74, 6) is -0.518. The molecule has 1 atom stereocenters. The Labute approximate surface area is 106 Å². The minimum Gasteiger partial charge on any atom is -0.408 e. The summed E-state index contributed by atoms with van der Waals surface area (Å²) in [7, 11) is 1.55. The molecule has 0 amide bonds. The molecule has 0 aliphatic heterocycles. The van der Waals surface area contributed by atoms with Crippen molar-refractivity contribution in [2.45, 2.75) is 25.1 Å². The van der Waals surface area contributed by atoms with Crippen LogP contribution in [0.2, 0.25) is 0 Å². The van der Waals surface area contributed by atoms with Crippen LogP contribution in [0.3, 0.4) is 0 Å². The molecule has 0 fully saturated rings. The van der Waals surface area contributed by atoms with Crippen molar-refractivity contribution in [3.63, 3.8) is 0 Å². The highest BCUT2D eigenvalue weighted by Crippen LogP contribution is 2.27. The summed E-state index contributed by atoms with van der Waals surface area (Å²) in [5, 5.41) is 0. The number of aryl methyl sites for hydroxylation is 1. The van der Waals surface area contributed by atoms with Gasteiger partial charge in [-0.05, 0) is 24.1 Å². The third-order valence-corrected chi connectivity index (χ3v) is 2.98. The lowest BCUT2D eigenvalue weighted by atomic mass is 10.0. The fraction of sp³-hybridized carbons (Fsp3) is 0.417. The Morgan fingerprint density at radius 3 is 2.74 bits per heavy atom. The lowest BCUT2D eigenvalue weighted by Gasteiger charge is -2.13. The zero-order chi connectivity index (χ0) is 14.2. The number of nitrogens with zero attached hydrogens (tertiary/aromatic N) is 1. The first-order chi connectivity index (χ1) is 8.78. The Morgan fingerprint density at radius 1 is 1.42 bits per heavy atom. The average Bonchev–Trinajstić information content (AvgIpc) is 2.61. The van der Waals surface area contributed by atoms with Gasteiger partial charge in [0.15, 0.2) is 5.58 Å². The molecule has 1 unspecified atom stereocenters. The number of oxazole rings is 1. The zero-order valence-corrected chi connectivity index (χ0v) is 10.2. The second-order valence-electron chi connectivity index (χ2n) is 4.41. The predicted octanol–water partition coefficient (Wildman–Crippen LogP) is 2.47. The molecule has 0 radical (unpaired) electrons. The smallest absolute Gasteiger partial charge is 0.408 e. The fourth-order valence-electron chi connectivity index (χ4n) is 1.87. The van der Waals surface area contributed by atoms with Crippen molar-refractivity contribution >= 4 is 11.1 Å². The summed E-state index contributed by atoms with van der Waals surface area (Å²) in [6.45, 7) is 0. The second-order valence-corrected chi connectivity index (χ2v) is 4.41. The number of alkyl halides is 3. The molecule has 0 saturated carbocycles. The number of benzene rings is 1. The highest BCUT2D eigenvalue weighted by atomic mass is 19.4. The molecule has 0 saturated heterocycles. The molecule has 104 valence electrons. The first-order valence-electron chi connectivity index (χ1n) is 5.70. The summed E-state index contributed by atoms with van der Waals surface area (Å²) < 4.78 is 42.7. The number of hydrogen-bond acceptors (Lipinski definition) is 3. The first-order valence-corrected chi connectivity index (χ1v) is 5.70. The van der Waals surface area contributed by atoms with Crippen molar-refractivity contribution in [3.05, 3.63) is 34.3 Å². The van der Waals surface area contributed by atoms with Crippen LogP contribution in [-0.2, 0) is 7.05 Å². The molecular formula is C12H13F3N2O2. The van der Waals surface area contributed by atoms with E-state index in [2.05, 4.69) is 0 Å². The van der Waals surface area contributed by atoms with Crippen LogP contribution in [0.15, 0.2) is 27.4 Å². The maximum atomic E-state index is 12.1. The molecule has 0 aliphatic carbocycles. The molecular weight excluding hydrogens is 261 g/mol. The Balaban J connectivity index is 2.23. The number of nitrogens with two attached hydrogens (primary N) is 1. The highest BCUT2D eigenvalue weighted by molar-refractivity contribution is 5.73. The Kier molecular flexibility index (Phi) is 3.40. The van der Waals surface area contributed by atoms with Crippen LogP contribution < -0.4 is 11.5 Å². The van der Waals surface area contributed by atoms with Gasteiger partial charge in [-0.15, -0.1) is 0 Å². The van der Waals surface area contributed by atoms with E-state index in [4.69, 9.17) is 10.2 Å². The molecule has 7 heteroatoms. The second kappa shape index (κ2) is 4.73. The number of fused-ring (bicyclic) bond motifs is 1. The third-order valence-electron chi connectivity index (χ3n) is 2.98. The maximum Gasteiger partial charge on any atom is 0.419 e. The van der Waals surface area contributed by atoms with Gasteiger partial charge in [0, 0.05) is 19.5 Å². The maximum absolute atomic E-state index is 12.1. The summed E-state index contributed by atoms with van der Waals surface area (Å²) >= 11 is 0. The topological polar surface area (TPSA) is 61.2 Å². The minimum atomic E-state index is -4.22. The van der Waals surface area contributed by atoms with Gasteiger partial charge in [0.2, 0.25) is 0 Å². The number of rotatable bonds is 3. The van der Waals surface area contributed by atoms with Crippen molar-refractivity contribution in [2.75, 3.05) is 0 Å². The first kappa shape index (κ1) is 13.7. The Bertz CT molecular complexity index is 642. The van der Waals surface area contributed by atoms with Gasteiger partial charge in [-0.1, -0.05) is 6.07 Å². The van der Waals surface area contributed by atoms with Crippen LogP contribution in [0.1, 0.15) is 24.4 Å². The van der Waals surface area contributed by atoms with Crippen LogP contribution in [0.4, 0.5) is 13.2 Å². The molecule has 1 aromatic carbocycles. The highest BCUT2D eigenvalue weighted by Gasteiger charge is 2.27. The van der Waals surface area contributed by atoms with Crippen molar-refractivity contribution in [1.29, 1.82) is 0 Å². The van der Waals surface area contributed by atoms with Gasteiger partial charge in [0.25, 0.3) is 0 Å². The molecule has 2 rings (SSSR count). The summed E-state index contributed by atoms with van der Waals surface area (Å²) in [6.07, 6.45) is -5.36. The van der Waals surface area contributed by atoms with E-state index in [1.165, 1.54) is 10.6 Å². The molecule has 0 aliphatic rings. The van der Waals surface area contributed by atoms with Crippen molar-refractivity contribution in [1.82, 2.24) is 4.57 Å². The predicted molar refractivity (Wildman–Crippen MR) is 63.7 cm³/mol. The number of halogens is 3. The van der Waals surface area contributed by atoms with Crippen molar-refractivity contribution in [3.8, 4) is 0 Å². The monoisotopic (exact) mass is 274 g/mol. The van der Waals surface area contributed by atoms with Gasteiger partial charge in [-0.2, -0.15) is 13.2 Å². The van der Waals surface area contributed by atoms with Crippen LogP contribution in [0, 0.1) is 0 Å². The van der Waals surface area contributed by atoms with E-state index < -0.39 is 24.4 Å². The van der Waals surface area contributed by atoms with E-state index in [0.29, 0.717) is 16.7 Å². The largest absolute Gasteiger partial charge is 0.419 e. The van der Waals surface area contributed by atoms with E-state index in [-0.39, 0.29) is 6.42 Å². The number of hydrogen-bond donors (Lipinski definition) is 1. The van der Waals surface area contributed by atoms with Crippen LogP contribution >= 0.6 is 0 Å².